The Morgan fingerprint density at radius 2 is 1.64 bits per heavy atom. The van der Waals surface area contributed by atoms with Crippen LogP contribution in [0.2, 0.25) is 0 Å². The first-order chi connectivity index (χ1) is 15.7. The van der Waals surface area contributed by atoms with Crippen LogP contribution in [0.15, 0.2) is 42.5 Å². The second-order valence-corrected chi connectivity index (χ2v) is 8.28. The summed E-state index contributed by atoms with van der Waals surface area (Å²) in [6.07, 6.45) is -4.45. The molecule has 9 heteroatoms. The summed E-state index contributed by atoms with van der Waals surface area (Å²) in [7, 11) is 0. The second kappa shape index (κ2) is 11.4. The number of ether oxygens (including phenoxy) is 2. The molecule has 0 bridgehead atoms. The minimum Gasteiger partial charge on any atom is -0.508 e. The van der Waals surface area contributed by atoms with Crippen LogP contribution in [0.4, 0.5) is 0 Å². The fourth-order valence-electron chi connectivity index (χ4n) is 3.66. The average Bonchev–Trinajstić information content (AvgIpc) is 2.79. The number of aromatic hydroxyl groups is 3. The van der Waals surface area contributed by atoms with Crippen LogP contribution < -0.4 is 0 Å². The van der Waals surface area contributed by atoms with Crippen LogP contribution in [0.25, 0.3) is 0 Å². The second-order valence-electron chi connectivity index (χ2n) is 8.28. The fraction of sp³-hybridized carbons (Fsp3) is 0.458. The van der Waals surface area contributed by atoms with Gasteiger partial charge in [0.05, 0.1) is 12.7 Å². The van der Waals surface area contributed by atoms with Crippen LogP contribution in [0.3, 0.4) is 0 Å². The normalized spacial score (nSPS) is 23.8. The van der Waals surface area contributed by atoms with E-state index in [0.29, 0.717) is 19.3 Å². The maximum absolute atomic E-state index is 12.6. The predicted octanol–water partition coefficient (Wildman–Crippen LogP) is 1.15. The number of benzene rings is 2. The SMILES string of the molecule is O=C(CCc1ccc(O)cc1)C[C@H](CCc1ccc(O)c(O)c1)O[C@H]1OC[C@H](O)[C@@H](O)[C@@H]1O. The Balaban J connectivity index is 1.62. The van der Waals surface area contributed by atoms with Crippen molar-refractivity contribution in [2.24, 2.45) is 0 Å². The lowest BCUT2D eigenvalue weighted by Crippen LogP contribution is -2.54. The molecule has 0 radical (unpaired) electrons. The van der Waals surface area contributed by atoms with Gasteiger partial charge in [0.2, 0.25) is 0 Å². The van der Waals surface area contributed by atoms with Crippen LogP contribution in [-0.2, 0) is 27.1 Å². The number of phenolic OH excluding ortho intramolecular Hbond substituents is 3. The van der Waals surface area contributed by atoms with Gasteiger partial charge in [-0.2, -0.15) is 0 Å². The molecule has 0 spiro atoms. The van der Waals surface area contributed by atoms with Crippen molar-refractivity contribution in [2.75, 3.05) is 6.61 Å². The monoisotopic (exact) mass is 462 g/mol. The molecule has 0 amide bonds. The predicted molar refractivity (Wildman–Crippen MR) is 117 cm³/mol. The van der Waals surface area contributed by atoms with E-state index in [2.05, 4.69) is 0 Å². The van der Waals surface area contributed by atoms with E-state index in [1.165, 1.54) is 12.1 Å². The molecule has 9 nitrogen and oxygen atoms in total. The highest BCUT2D eigenvalue weighted by Gasteiger charge is 2.39. The molecule has 5 atom stereocenters. The maximum Gasteiger partial charge on any atom is 0.186 e. The molecule has 1 aliphatic rings. The molecule has 1 aliphatic heterocycles. The summed E-state index contributed by atoms with van der Waals surface area (Å²) in [6.45, 7) is -0.212. The number of aliphatic hydroxyl groups is 3. The van der Waals surface area contributed by atoms with Gasteiger partial charge < -0.3 is 40.1 Å². The van der Waals surface area contributed by atoms with Gasteiger partial charge in [-0.25, -0.2) is 0 Å². The van der Waals surface area contributed by atoms with Gasteiger partial charge >= 0.3 is 0 Å². The van der Waals surface area contributed by atoms with Crippen LogP contribution in [0.5, 0.6) is 17.2 Å². The molecule has 0 unspecified atom stereocenters. The Hall–Kier alpha value is -2.69. The third kappa shape index (κ3) is 7.15. The van der Waals surface area contributed by atoms with E-state index >= 15 is 0 Å². The highest BCUT2D eigenvalue weighted by Crippen LogP contribution is 2.27. The number of carbonyl (C=O) groups is 1. The van der Waals surface area contributed by atoms with Gasteiger partial charge in [-0.3, -0.25) is 4.79 Å². The van der Waals surface area contributed by atoms with E-state index in [9.17, 15) is 35.4 Å². The Morgan fingerprint density at radius 1 is 0.939 bits per heavy atom. The first-order valence-corrected chi connectivity index (χ1v) is 10.8. The lowest BCUT2D eigenvalue weighted by Gasteiger charge is -2.36. The van der Waals surface area contributed by atoms with Gasteiger partial charge in [-0.05, 0) is 54.7 Å². The molecule has 6 N–H and O–H groups in total. The van der Waals surface area contributed by atoms with Crippen LogP contribution in [-0.4, -0.2) is 73.7 Å². The minimum atomic E-state index is -1.47. The Labute approximate surface area is 191 Å². The number of ketones is 1. The van der Waals surface area contributed by atoms with Gasteiger partial charge in [0.15, 0.2) is 17.8 Å². The summed E-state index contributed by atoms with van der Waals surface area (Å²) in [4.78, 5) is 12.6. The lowest BCUT2D eigenvalue weighted by atomic mass is 9.99. The van der Waals surface area contributed by atoms with Gasteiger partial charge in [-0.1, -0.05) is 18.2 Å². The van der Waals surface area contributed by atoms with Gasteiger partial charge in [0, 0.05) is 12.8 Å². The minimum absolute atomic E-state index is 0.0351. The zero-order valence-corrected chi connectivity index (χ0v) is 18.1. The third-order valence-electron chi connectivity index (χ3n) is 5.66. The van der Waals surface area contributed by atoms with E-state index in [1.54, 1.807) is 30.3 Å². The summed E-state index contributed by atoms with van der Waals surface area (Å²) in [5.74, 6) is -0.412. The standard InChI is InChI=1S/C24H30O9/c25-16-6-1-14(2-7-16)3-8-17(26)12-18(9-4-15-5-10-19(27)20(28)11-15)33-24-23(31)22(30)21(29)13-32-24/h1-2,5-7,10-11,18,21-25,27-31H,3-4,8-9,12-13H2/t18-,21-,22+,23-,24+/m0/s1. The summed E-state index contributed by atoms with van der Waals surface area (Å²) >= 11 is 0. The van der Waals surface area contributed by atoms with Crippen LogP contribution in [0.1, 0.15) is 30.4 Å². The Bertz CT molecular complexity index is 915. The maximum atomic E-state index is 12.6. The van der Waals surface area contributed by atoms with E-state index in [0.717, 1.165) is 11.1 Å². The molecule has 1 heterocycles. The van der Waals surface area contributed by atoms with Gasteiger partial charge in [-0.15, -0.1) is 0 Å². The van der Waals surface area contributed by atoms with E-state index in [1.807, 2.05) is 0 Å². The van der Waals surface area contributed by atoms with Crippen molar-refractivity contribution in [2.45, 2.75) is 62.8 Å². The van der Waals surface area contributed by atoms with Crippen molar-refractivity contribution in [3.8, 4) is 17.2 Å². The highest BCUT2D eigenvalue weighted by atomic mass is 16.7. The van der Waals surface area contributed by atoms with Gasteiger partial charge in [0.25, 0.3) is 0 Å². The highest BCUT2D eigenvalue weighted by molar-refractivity contribution is 5.79. The van der Waals surface area contributed by atoms with Gasteiger partial charge in [0.1, 0.15) is 29.8 Å². The molecule has 3 rings (SSSR count). The number of aryl methyl sites for hydroxylation is 2. The number of aliphatic hydroxyl groups excluding tert-OH is 3. The van der Waals surface area contributed by atoms with Crippen LogP contribution in [0, 0.1) is 0 Å². The average molecular weight is 462 g/mol. The van der Waals surface area contributed by atoms with Crippen molar-refractivity contribution in [1.29, 1.82) is 0 Å². The van der Waals surface area contributed by atoms with Crippen molar-refractivity contribution in [3.05, 3.63) is 53.6 Å². The summed E-state index contributed by atoms with van der Waals surface area (Å²) in [5.41, 5.74) is 1.62. The molecule has 2 aromatic carbocycles. The third-order valence-corrected chi connectivity index (χ3v) is 5.66. The molecule has 0 aromatic heterocycles. The van der Waals surface area contributed by atoms with E-state index in [-0.39, 0.29) is 42.5 Å². The van der Waals surface area contributed by atoms with Crippen LogP contribution >= 0.6 is 0 Å². The van der Waals surface area contributed by atoms with E-state index < -0.39 is 30.7 Å². The molecule has 1 saturated heterocycles. The number of hydrogen-bond donors (Lipinski definition) is 6. The largest absolute Gasteiger partial charge is 0.508 e. The summed E-state index contributed by atoms with van der Waals surface area (Å²) < 4.78 is 11.1. The quantitative estimate of drug-likeness (QED) is 0.285. The van der Waals surface area contributed by atoms with Crippen molar-refractivity contribution < 1.29 is 44.9 Å². The summed E-state index contributed by atoms with van der Waals surface area (Å²) in [5, 5.41) is 58.3. The molecule has 180 valence electrons. The summed E-state index contributed by atoms with van der Waals surface area (Å²) in [6, 6.07) is 11.0. The number of Topliss-reactive ketones (excluding diaryl/α,β-unsaturated/α-hetero) is 1. The number of rotatable bonds is 10. The Morgan fingerprint density at radius 3 is 2.33 bits per heavy atom. The van der Waals surface area contributed by atoms with E-state index in [4.69, 9.17) is 9.47 Å². The smallest absolute Gasteiger partial charge is 0.186 e. The molecule has 0 saturated carbocycles. The topological polar surface area (TPSA) is 157 Å². The first-order valence-electron chi connectivity index (χ1n) is 10.8. The zero-order valence-electron chi connectivity index (χ0n) is 18.1. The molecule has 33 heavy (non-hydrogen) atoms. The Kier molecular flexibility index (Phi) is 8.65. The lowest BCUT2D eigenvalue weighted by molar-refractivity contribution is -0.282. The number of carbonyl (C=O) groups excluding carboxylic acids is 1. The fourth-order valence-corrected chi connectivity index (χ4v) is 3.66. The van der Waals surface area contributed by atoms with Crippen molar-refractivity contribution in [3.63, 3.8) is 0 Å². The molecule has 0 aliphatic carbocycles. The number of hydrogen-bond acceptors (Lipinski definition) is 9. The molecule has 1 fully saturated rings. The van der Waals surface area contributed by atoms with Crippen molar-refractivity contribution in [1.82, 2.24) is 0 Å². The number of phenols is 3. The molecule has 2 aromatic rings. The van der Waals surface area contributed by atoms with Crippen molar-refractivity contribution >= 4 is 5.78 Å². The molecular weight excluding hydrogens is 432 g/mol. The first kappa shape index (κ1) is 24.9. The zero-order chi connectivity index (χ0) is 24.0. The molecular formula is C24H30O9.